The first-order valence-electron chi connectivity index (χ1n) is 8.80. The highest BCUT2D eigenvalue weighted by molar-refractivity contribution is 5.94. The van der Waals surface area contributed by atoms with Crippen molar-refractivity contribution in [2.24, 2.45) is 5.92 Å². The lowest BCUT2D eigenvalue weighted by atomic mass is 9.85. The lowest BCUT2D eigenvalue weighted by molar-refractivity contribution is -0.117. The van der Waals surface area contributed by atoms with E-state index in [4.69, 9.17) is 0 Å². The zero-order valence-corrected chi connectivity index (χ0v) is 14.7. The Morgan fingerprint density at radius 1 is 1.21 bits per heavy atom. The van der Waals surface area contributed by atoms with Crippen LogP contribution in [-0.4, -0.2) is 10.9 Å². The first-order chi connectivity index (χ1) is 11.3. The lowest BCUT2D eigenvalue weighted by Gasteiger charge is -2.21. The first-order valence-corrected chi connectivity index (χ1v) is 8.80. The topological polar surface area (TPSA) is 62.0 Å². The van der Waals surface area contributed by atoms with Crippen LogP contribution in [0.2, 0.25) is 0 Å². The van der Waals surface area contributed by atoms with Crippen molar-refractivity contribution >= 4 is 22.5 Å². The number of hydrogen-bond donors (Lipinski definition) is 2. The number of fused-ring (bicyclic) bond motifs is 1. The van der Waals surface area contributed by atoms with Crippen LogP contribution >= 0.6 is 0 Å². The molecule has 0 aliphatic heterocycles. The van der Waals surface area contributed by atoms with Crippen molar-refractivity contribution in [3.63, 3.8) is 0 Å². The molecule has 128 valence electrons. The minimum atomic E-state index is -0.111. The molecule has 1 heterocycles. The summed E-state index contributed by atoms with van der Waals surface area (Å²) in [5.41, 5.74) is 2.31. The van der Waals surface area contributed by atoms with Crippen LogP contribution < -0.4 is 10.9 Å². The summed E-state index contributed by atoms with van der Waals surface area (Å²) in [7, 11) is 0. The molecule has 0 spiro atoms. The number of pyridine rings is 1. The van der Waals surface area contributed by atoms with E-state index in [0.29, 0.717) is 12.3 Å². The van der Waals surface area contributed by atoms with Crippen molar-refractivity contribution in [1.82, 2.24) is 4.98 Å². The molecule has 0 saturated heterocycles. The molecule has 2 N–H and O–H groups in total. The number of amides is 1. The predicted octanol–water partition coefficient (Wildman–Crippen LogP) is 4.34. The Morgan fingerprint density at radius 3 is 2.58 bits per heavy atom. The van der Waals surface area contributed by atoms with Gasteiger partial charge in [0.15, 0.2) is 0 Å². The SMILES string of the molecule is CC(C)(C)c1cc(=O)[nH]c2cc(NC(=O)CC3CCCC3)ccc12. The summed E-state index contributed by atoms with van der Waals surface area (Å²) in [6, 6.07) is 7.43. The summed E-state index contributed by atoms with van der Waals surface area (Å²) >= 11 is 0. The van der Waals surface area contributed by atoms with E-state index in [2.05, 4.69) is 31.1 Å². The van der Waals surface area contributed by atoms with Crippen LogP contribution in [0.15, 0.2) is 29.1 Å². The van der Waals surface area contributed by atoms with Crippen molar-refractivity contribution in [3.05, 3.63) is 40.2 Å². The van der Waals surface area contributed by atoms with E-state index < -0.39 is 0 Å². The molecule has 3 rings (SSSR count). The van der Waals surface area contributed by atoms with Gasteiger partial charge in [-0.3, -0.25) is 9.59 Å². The molecule has 0 atom stereocenters. The van der Waals surface area contributed by atoms with Gasteiger partial charge in [-0.05, 0) is 41.9 Å². The molecule has 1 aromatic carbocycles. The Morgan fingerprint density at radius 2 is 1.92 bits per heavy atom. The molecule has 1 fully saturated rings. The minimum absolute atomic E-state index is 0.0653. The number of carbonyl (C=O) groups is 1. The number of aromatic nitrogens is 1. The molecule has 1 aliphatic carbocycles. The van der Waals surface area contributed by atoms with E-state index in [1.807, 2.05) is 18.2 Å². The number of nitrogens with one attached hydrogen (secondary N) is 2. The largest absolute Gasteiger partial charge is 0.326 e. The van der Waals surface area contributed by atoms with Gasteiger partial charge in [-0.25, -0.2) is 0 Å². The zero-order chi connectivity index (χ0) is 17.3. The highest BCUT2D eigenvalue weighted by atomic mass is 16.1. The standard InChI is InChI=1S/C20H26N2O2/c1-20(2,3)16-12-19(24)22-17-11-14(8-9-15(16)17)21-18(23)10-13-6-4-5-7-13/h8-9,11-13H,4-7,10H2,1-3H3,(H,21,23)(H,22,24). The van der Waals surface area contributed by atoms with Crippen LogP contribution in [0.5, 0.6) is 0 Å². The van der Waals surface area contributed by atoms with Gasteiger partial charge in [0.05, 0.1) is 5.52 Å². The summed E-state index contributed by atoms with van der Waals surface area (Å²) in [5, 5.41) is 4.00. The third-order valence-corrected chi connectivity index (χ3v) is 4.88. The summed E-state index contributed by atoms with van der Waals surface area (Å²) < 4.78 is 0. The molecule has 24 heavy (non-hydrogen) atoms. The maximum atomic E-state index is 12.2. The highest BCUT2D eigenvalue weighted by Crippen LogP contribution is 2.30. The maximum absolute atomic E-state index is 12.2. The summed E-state index contributed by atoms with van der Waals surface area (Å²) in [6.07, 6.45) is 5.40. The lowest BCUT2D eigenvalue weighted by Crippen LogP contribution is -2.18. The smallest absolute Gasteiger partial charge is 0.248 e. The fraction of sp³-hybridized carbons (Fsp3) is 0.500. The van der Waals surface area contributed by atoms with E-state index in [-0.39, 0.29) is 16.9 Å². The first kappa shape index (κ1) is 16.7. The van der Waals surface area contributed by atoms with Crippen molar-refractivity contribution in [3.8, 4) is 0 Å². The predicted molar refractivity (Wildman–Crippen MR) is 98.5 cm³/mol. The number of benzene rings is 1. The molecule has 1 aromatic heterocycles. The number of H-pyrrole nitrogens is 1. The van der Waals surface area contributed by atoms with Crippen LogP contribution in [0, 0.1) is 5.92 Å². The second-order valence-corrected chi connectivity index (χ2v) is 7.96. The third-order valence-electron chi connectivity index (χ3n) is 4.88. The normalized spacial score (nSPS) is 15.8. The monoisotopic (exact) mass is 326 g/mol. The molecule has 4 nitrogen and oxygen atoms in total. The Labute approximate surface area is 142 Å². The molecular formula is C20H26N2O2. The number of anilines is 1. The average Bonchev–Trinajstić information content (AvgIpc) is 2.97. The highest BCUT2D eigenvalue weighted by Gasteiger charge is 2.20. The number of aromatic amines is 1. The molecule has 1 saturated carbocycles. The second kappa shape index (κ2) is 6.42. The fourth-order valence-electron chi connectivity index (χ4n) is 3.65. The quantitative estimate of drug-likeness (QED) is 0.881. The summed E-state index contributed by atoms with van der Waals surface area (Å²) in [6.45, 7) is 6.29. The summed E-state index contributed by atoms with van der Waals surface area (Å²) in [5.74, 6) is 0.591. The van der Waals surface area contributed by atoms with Crippen LogP contribution in [0.1, 0.15) is 58.4 Å². The van der Waals surface area contributed by atoms with E-state index >= 15 is 0 Å². The van der Waals surface area contributed by atoms with E-state index in [0.717, 1.165) is 35.0 Å². The van der Waals surface area contributed by atoms with Crippen LogP contribution in [-0.2, 0) is 10.2 Å². The van der Waals surface area contributed by atoms with Gasteiger partial charge in [-0.15, -0.1) is 0 Å². The molecule has 1 aliphatic rings. The van der Waals surface area contributed by atoms with Gasteiger partial charge in [0.2, 0.25) is 11.5 Å². The molecule has 0 radical (unpaired) electrons. The Bertz CT molecular complexity index is 808. The van der Waals surface area contributed by atoms with Crippen molar-refractivity contribution < 1.29 is 4.79 Å². The van der Waals surface area contributed by atoms with Crippen LogP contribution in [0.25, 0.3) is 10.9 Å². The van der Waals surface area contributed by atoms with Crippen molar-refractivity contribution in [2.75, 3.05) is 5.32 Å². The Balaban J connectivity index is 1.86. The number of carbonyl (C=O) groups excluding carboxylic acids is 1. The van der Waals surface area contributed by atoms with Gasteiger partial charge in [0.1, 0.15) is 0 Å². The Kier molecular flexibility index (Phi) is 4.48. The molecular weight excluding hydrogens is 300 g/mol. The molecule has 2 aromatic rings. The maximum Gasteiger partial charge on any atom is 0.248 e. The third kappa shape index (κ3) is 3.69. The number of rotatable bonds is 3. The average molecular weight is 326 g/mol. The Hall–Kier alpha value is -2.10. The van der Waals surface area contributed by atoms with Gasteiger partial charge >= 0.3 is 0 Å². The van der Waals surface area contributed by atoms with Crippen LogP contribution in [0.4, 0.5) is 5.69 Å². The van der Waals surface area contributed by atoms with Gasteiger partial charge in [0, 0.05) is 23.6 Å². The van der Waals surface area contributed by atoms with E-state index in [1.165, 1.54) is 12.8 Å². The molecule has 0 bridgehead atoms. The fourth-order valence-corrected chi connectivity index (χ4v) is 3.65. The zero-order valence-electron chi connectivity index (χ0n) is 14.7. The van der Waals surface area contributed by atoms with Crippen LogP contribution in [0.3, 0.4) is 0 Å². The molecule has 0 unspecified atom stereocenters. The van der Waals surface area contributed by atoms with Gasteiger partial charge in [-0.2, -0.15) is 0 Å². The minimum Gasteiger partial charge on any atom is -0.326 e. The van der Waals surface area contributed by atoms with Gasteiger partial charge in [-0.1, -0.05) is 39.7 Å². The van der Waals surface area contributed by atoms with E-state index in [1.54, 1.807) is 6.07 Å². The summed E-state index contributed by atoms with van der Waals surface area (Å²) in [4.78, 5) is 27.1. The van der Waals surface area contributed by atoms with Crippen molar-refractivity contribution in [2.45, 2.75) is 58.3 Å². The number of hydrogen-bond acceptors (Lipinski definition) is 2. The van der Waals surface area contributed by atoms with E-state index in [9.17, 15) is 9.59 Å². The van der Waals surface area contributed by atoms with Gasteiger partial charge < -0.3 is 10.3 Å². The van der Waals surface area contributed by atoms with Gasteiger partial charge in [0.25, 0.3) is 0 Å². The van der Waals surface area contributed by atoms with Crippen molar-refractivity contribution in [1.29, 1.82) is 0 Å². The second-order valence-electron chi connectivity index (χ2n) is 7.96. The molecule has 4 heteroatoms. The molecule has 1 amide bonds.